The Kier molecular flexibility index (Phi) is 2.90. The minimum atomic E-state index is 0.334. The van der Waals surface area contributed by atoms with E-state index in [4.69, 9.17) is 0 Å². The minimum absolute atomic E-state index is 0.334. The van der Waals surface area contributed by atoms with E-state index in [2.05, 4.69) is 27.0 Å². The van der Waals surface area contributed by atoms with Crippen molar-refractivity contribution in [3.8, 4) is 0 Å². The Bertz CT molecular complexity index is 390. The Morgan fingerprint density at radius 1 is 1.18 bits per heavy atom. The van der Waals surface area contributed by atoms with Gasteiger partial charge in [-0.25, -0.2) is 0 Å². The van der Waals surface area contributed by atoms with E-state index in [0.717, 1.165) is 25.3 Å². The van der Waals surface area contributed by atoms with Crippen LogP contribution in [-0.4, -0.2) is 20.3 Å². The number of rotatable bonds is 3. The van der Waals surface area contributed by atoms with E-state index in [1.807, 2.05) is 0 Å². The number of aryl methyl sites for hydroxylation is 1. The minimum Gasteiger partial charge on any atom is -0.314 e. The topological polar surface area (TPSA) is 42.7 Å². The first-order valence-corrected chi connectivity index (χ1v) is 6.93. The second kappa shape index (κ2) is 4.41. The third-order valence-electron chi connectivity index (χ3n) is 4.32. The van der Waals surface area contributed by atoms with Crippen LogP contribution < -0.4 is 5.32 Å². The molecule has 2 aliphatic rings. The lowest BCUT2D eigenvalue weighted by molar-refractivity contribution is 0.352. The summed E-state index contributed by atoms with van der Waals surface area (Å²) in [4.78, 5) is 0. The van der Waals surface area contributed by atoms with Crippen LogP contribution in [0.5, 0.6) is 0 Å². The number of aromatic nitrogens is 3. The molecule has 0 unspecified atom stereocenters. The fraction of sp³-hybridized carbons (Fsp3) is 0.846. The third kappa shape index (κ3) is 2.23. The van der Waals surface area contributed by atoms with Crippen molar-refractivity contribution >= 4 is 0 Å². The molecule has 0 atom stereocenters. The van der Waals surface area contributed by atoms with Crippen LogP contribution in [0.25, 0.3) is 0 Å². The van der Waals surface area contributed by atoms with Gasteiger partial charge in [0.05, 0.1) is 6.54 Å². The van der Waals surface area contributed by atoms with Gasteiger partial charge in [-0.2, -0.15) is 0 Å². The van der Waals surface area contributed by atoms with Crippen molar-refractivity contribution in [3.63, 3.8) is 0 Å². The summed E-state index contributed by atoms with van der Waals surface area (Å²) >= 11 is 0. The molecule has 4 heteroatoms. The standard InChI is InChI=1S/C13H22N4/c1-13(7-3-4-8-13)14-10-12-16-15-11-6-2-5-9-17(11)12/h14H,2-10H2,1H3. The van der Waals surface area contributed by atoms with E-state index < -0.39 is 0 Å². The highest BCUT2D eigenvalue weighted by atomic mass is 15.3. The molecule has 1 aliphatic carbocycles. The summed E-state index contributed by atoms with van der Waals surface area (Å²) in [7, 11) is 0. The van der Waals surface area contributed by atoms with Crippen LogP contribution in [0, 0.1) is 0 Å². The normalized spacial score (nSPS) is 22.6. The van der Waals surface area contributed by atoms with Crippen molar-refractivity contribution in [3.05, 3.63) is 11.6 Å². The number of nitrogens with zero attached hydrogens (tertiary/aromatic N) is 3. The molecule has 1 saturated carbocycles. The molecule has 0 bridgehead atoms. The zero-order valence-corrected chi connectivity index (χ0v) is 10.7. The molecule has 1 N–H and O–H groups in total. The van der Waals surface area contributed by atoms with Gasteiger partial charge in [0.2, 0.25) is 0 Å². The van der Waals surface area contributed by atoms with Crippen molar-refractivity contribution in [1.82, 2.24) is 20.1 Å². The second-order valence-corrected chi connectivity index (χ2v) is 5.76. The highest BCUT2D eigenvalue weighted by Crippen LogP contribution is 2.29. The maximum absolute atomic E-state index is 4.34. The number of hydrogen-bond donors (Lipinski definition) is 1. The van der Waals surface area contributed by atoms with Gasteiger partial charge in [-0.05, 0) is 32.6 Å². The Morgan fingerprint density at radius 2 is 2.00 bits per heavy atom. The summed E-state index contributed by atoms with van der Waals surface area (Å²) in [6, 6.07) is 0. The van der Waals surface area contributed by atoms with E-state index in [-0.39, 0.29) is 0 Å². The molecule has 3 rings (SSSR count). The van der Waals surface area contributed by atoms with Gasteiger partial charge in [0, 0.05) is 18.5 Å². The Hall–Kier alpha value is -0.900. The highest BCUT2D eigenvalue weighted by Gasteiger charge is 2.28. The molecular formula is C13H22N4. The largest absolute Gasteiger partial charge is 0.314 e. The first-order valence-electron chi connectivity index (χ1n) is 6.93. The maximum atomic E-state index is 4.34. The van der Waals surface area contributed by atoms with Gasteiger partial charge in [-0.3, -0.25) is 0 Å². The molecule has 4 nitrogen and oxygen atoms in total. The van der Waals surface area contributed by atoms with Crippen LogP contribution >= 0.6 is 0 Å². The van der Waals surface area contributed by atoms with Gasteiger partial charge < -0.3 is 9.88 Å². The monoisotopic (exact) mass is 234 g/mol. The molecule has 17 heavy (non-hydrogen) atoms. The quantitative estimate of drug-likeness (QED) is 0.870. The molecule has 1 aromatic rings. The van der Waals surface area contributed by atoms with Gasteiger partial charge in [0.1, 0.15) is 11.6 Å². The first-order chi connectivity index (χ1) is 8.27. The van der Waals surface area contributed by atoms with Crippen LogP contribution in [0.4, 0.5) is 0 Å². The molecule has 0 radical (unpaired) electrons. The summed E-state index contributed by atoms with van der Waals surface area (Å²) in [6.07, 6.45) is 8.97. The van der Waals surface area contributed by atoms with E-state index in [1.54, 1.807) is 0 Å². The van der Waals surface area contributed by atoms with E-state index in [1.165, 1.54) is 44.3 Å². The van der Waals surface area contributed by atoms with E-state index in [0.29, 0.717) is 5.54 Å². The Balaban J connectivity index is 1.67. The van der Waals surface area contributed by atoms with Crippen molar-refractivity contribution < 1.29 is 0 Å². The first kappa shape index (κ1) is 11.2. The van der Waals surface area contributed by atoms with Crippen LogP contribution in [0.15, 0.2) is 0 Å². The molecule has 1 fully saturated rings. The summed E-state index contributed by atoms with van der Waals surface area (Å²) in [6.45, 7) is 4.33. The van der Waals surface area contributed by atoms with Crippen LogP contribution in [0.1, 0.15) is 57.1 Å². The van der Waals surface area contributed by atoms with Gasteiger partial charge in [0.25, 0.3) is 0 Å². The van der Waals surface area contributed by atoms with E-state index in [9.17, 15) is 0 Å². The van der Waals surface area contributed by atoms with Crippen LogP contribution in [-0.2, 0) is 19.5 Å². The second-order valence-electron chi connectivity index (χ2n) is 5.76. The smallest absolute Gasteiger partial charge is 0.147 e. The van der Waals surface area contributed by atoms with E-state index >= 15 is 0 Å². The SMILES string of the molecule is CC1(NCc2nnc3n2CCCC3)CCCC1. The van der Waals surface area contributed by atoms with Gasteiger partial charge in [-0.1, -0.05) is 12.8 Å². The molecule has 1 aliphatic heterocycles. The number of nitrogens with one attached hydrogen (secondary N) is 1. The molecule has 0 aromatic carbocycles. The molecular weight excluding hydrogens is 212 g/mol. The van der Waals surface area contributed by atoms with Crippen LogP contribution in [0.3, 0.4) is 0 Å². The fourth-order valence-corrected chi connectivity index (χ4v) is 3.12. The highest BCUT2D eigenvalue weighted by molar-refractivity contribution is 5.00. The average Bonchev–Trinajstić information content (AvgIpc) is 2.94. The van der Waals surface area contributed by atoms with Crippen LogP contribution in [0.2, 0.25) is 0 Å². The lowest BCUT2D eigenvalue weighted by Gasteiger charge is -2.25. The zero-order valence-electron chi connectivity index (χ0n) is 10.7. The Labute approximate surface area is 103 Å². The molecule has 1 aromatic heterocycles. The molecule has 2 heterocycles. The predicted molar refractivity (Wildman–Crippen MR) is 66.7 cm³/mol. The van der Waals surface area contributed by atoms with Gasteiger partial charge >= 0.3 is 0 Å². The summed E-state index contributed by atoms with van der Waals surface area (Å²) in [5, 5.41) is 12.3. The third-order valence-corrected chi connectivity index (χ3v) is 4.32. The molecule has 0 amide bonds. The lowest BCUT2D eigenvalue weighted by Crippen LogP contribution is -2.39. The molecule has 94 valence electrons. The van der Waals surface area contributed by atoms with Crippen molar-refractivity contribution in [2.24, 2.45) is 0 Å². The number of hydrogen-bond acceptors (Lipinski definition) is 3. The summed E-state index contributed by atoms with van der Waals surface area (Å²) in [5.41, 5.74) is 0.334. The predicted octanol–water partition coefficient (Wildman–Crippen LogP) is 2.04. The van der Waals surface area contributed by atoms with Crippen molar-refractivity contribution in [2.75, 3.05) is 0 Å². The average molecular weight is 234 g/mol. The fourth-order valence-electron chi connectivity index (χ4n) is 3.12. The molecule has 0 saturated heterocycles. The van der Waals surface area contributed by atoms with Crippen molar-refractivity contribution in [1.29, 1.82) is 0 Å². The summed E-state index contributed by atoms with van der Waals surface area (Å²) in [5.74, 6) is 2.32. The Morgan fingerprint density at radius 3 is 2.82 bits per heavy atom. The summed E-state index contributed by atoms with van der Waals surface area (Å²) < 4.78 is 2.31. The van der Waals surface area contributed by atoms with Gasteiger partial charge in [0.15, 0.2) is 0 Å². The molecule has 0 spiro atoms. The van der Waals surface area contributed by atoms with Gasteiger partial charge in [-0.15, -0.1) is 10.2 Å². The number of fused-ring (bicyclic) bond motifs is 1. The lowest BCUT2D eigenvalue weighted by atomic mass is 10.0. The maximum Gasteiger partial charge on any atom is 0.147 e. The van der Waals surface area contributed by atoms with Crippen molar-refractivity contribution in [2.45, 2.75) is 70.5 Å². The zero-order chi connectivity index (χ0) is 11.7.